The average Bonchev–Trinajstić information content (AvgIpc) is 3.63. The maximum Gasteiger partial charge on any atom is 0.216 e. The molecule has 2 heterocycles. The molecule has 2 aromatic heterocycles. The molecule has 2 aliphatic carbocycles. The maximum absolute atomic E-state index is 10.1. The predicted molar refractivity (Wildman–Crippen MR) is 162 cm³/mol. The Hall–Kier alpha value is -3.90. The zero-order valence-electron chi connectivity index (χ0n) is 23.6. The number of aryl methyl sites for hydroxylation is 2. The van der Waals surface area contributed by atoms with Crippen molar-refractivity contribution >= 4 is 21.9 Å². The standard InChI is InChI=1S/C37H37N2O/c1-24-11-19-31-32-20-18-30(23-38)35(37(32)40-36(31)34(24)33-10-6-7-21-39(33)2)27-14-12-26(13-15-27)29-17-16-28(22-29)25-8-4-3-5-9-25/h6-7,10-15,18-21,25,28-29H,3-5,8-9,16-17,22H2,1-2H3/q+1. The van der Waals surface area contributed by atoms with Gasteiger partial charge in [-0.3, -0.25) is 0 Å². The number of nitrogens with zero attached hydrogens (tertiary/aromatic N) is 2. The Morgan fingerprint density at radius 1 is 0.775 bits per heavy atom. The molecular weight excluding hydrogens is 488 g/mol. The number of benzene rings is 3. The van der Waals surface area contributed by atoms with Gasteiger partial charge in [0, 0.05) is 28.5 Å². The van der Waals surface area contributed by atoms with Crippen LogP contribution in [0.2, 0.25) is 0 Å². The van der Waals surface area contributed by atoms with Crippen molar-refractivity contribution < 1.29 is 8.98 Å². The largest absolute Gasteiger partial charge is 0.454 e. The number of furan rings is 1. The van der Waals surface area contributed by atoms with Crippen LogP contribution in [0.15, 0.2) is 77.3 Å². The van der Waals surface area contributed by atoms with E-state index in [1.54, 1.807) is 0 Å². The molecule has 0 saturated heterocycles. The highest BCUT2D eigenvalue weighted by Gasteiger charge is 2.32. The van der Waals surface area contributed by atoms with Gasteiger partial charge in [0.1, 0.15) is 18.2 Å². The summed E-state index contributed by atoms with van der Waals surface area (Å²) >= 11 is 0. The fourth-order valence-electron chi connectivity index (χ4n) is 7.76. The molecule has 0 N–H and O–H groups in total. The molecule has 7 rings (SSSR count). The second-order valence-electron chi connectivity index (χ2n) is 12.2. The summed E-state index contributed by atoms with van der Waals surface area (Å²) in [6, 6.07) is 26.1. The molecule has 2 saturated carbocycles. The van der Waals surface area contributed by atoms with Crippen LogP contribution in [0.5, 0.6) is 0 Å². The molecule has 2 unspecified atom stereocenters. The van der Waals surface area contributed by atoms with Crippen molar-refractivity contribution in [3.8, 4) is 28.5 Å². The number of nitriles is 1. The van der Waals surface area contributed by atoms with E-state index >= 15 is 0 Å². The van der Waals surface area contributed by atoms with Gasteiger partial charge in [-0.15, -0.1) is 0 Å². The van der Waals surface area contributed by atoms with E-state index in [-0.39, 0.29) is 0 Å². The van der Waals surface area contributed by atoms with Crippen LogP contribution in [0.25, 0.3) is 44.3 Å². The summed E-state index contributed by atoms with van der Waals surface area (Å²) in [7, 11) is 2.07. The Morgan fingerprint density at radius 3 is 2.27 bits per heavy atom. The molecular formula is C37H37N2O+. The summed E-state index contributed by atoms with van der Waals surface area (Å²) in [5, 5.41) is 12.3. The van der Waals surface area contributed by atoms with Gasteiger partial charge in [0.25, 0.3) is 0 Å². The van der Waals surface area contributed by atoms with E-state index in [0.29, 0.717) is 11.5 Å². The summed E-state index contributed by atoms with van der Waals surface area (Å²) in [5.41, 5.74) is 9.11. The first kappa shape index (κ1) is 25.1. The third-order valence-electron chi connectivity index (χ3n) is 9.91. The summed E-state index contributed by atoms with van der Waals surface area (Å²) in [5.74, 6) is 2.52. The van der Waals surface area contributed by atoms with Crippen LogP contribution in [0, 0.1) is 30.1 Å². The van der Waals surface area contributed by atoms with Gasteiger partial charge in [-0.2, -0.15) is 5.26 Å². The topological polar surface area (TPSA) is 40.8 Å². The number of hydrogen-bond acceptors (Lipinski definition) is 2. The molecule has 0 radical (unpaired) electrons. The highest BCUT2D eigenvalue weighted by Crippen LogP contribution is 2.46. The number of fused-ring (bicyclic) bond motifs is 3. The van der Waals surface area contributed by atoms with Crippen molar-refractivity contribution in [2.45, 2.75) is 64.2 Å². The molecule has 3 nitrogen and oxygen atoms in total. The molecule has 2 fully saturated rings. The van der Waals surface area contributed by atoms with E-state index in [0.717, 1.165) is 56.2 Å². The van der Waals surface area contributed by atoms with E-state index in [1.165, 1.54) is 62.5 Å². The molecule has 200 valence electrons. The van der Waals surface area contributed by atoms with Crippen molar-refractivity contribution in [2.75, 3.05) is 0 Å². The summed E-state index contributed by atoms with van der Waals surface area (Å²) in [4.78, 5) is 0. The first-order valence-corrected chi connectivity index (χ1v) is 15.1. The van der Waals surface area contributed by atoms with Gasteiger partial charge in [-0.25, -0.2) is 4.57 Å². The molecule has 2 aliphatic rings. The van der Waals surface area contributed by atoms with Crippen molar-refractivity contribution in [1.29, 1.82) is 5.26 Å². The Balaban J connectivity index is 1.29. The van der Waals surface area contributed by atoms with E-state index < -0.39 is 0 Å². The highest BCUT2D eigenvalue weighted by molar-refractivity contribution is 6.14. The summed E-state index contributed by atoms with van der Waals surface area (Å²) < 4.78 is 8.88. The molecule has 2 atom stereocenters. The van der Waals surface area contributed by atoms with Crippen LogP contribution in [0.3, 0.4) is 0 Å². The van der Waals surface area contributed by atoms with Gasteiger partial charge >= 0.3 is 0 Å². The van der Waals surface area contributed by atoms with Crippen LogP contribution in [0.4, 0.5) is 0 Å². The lowest BCUT2D eigenvalue weighted by molar-refractivity contribution is -0.660. The Kier molecular flexibility index (Phi) is 6.43. The minimum absolute atomic E-state index is 0.654. The van der Waals surface area contributed by atoms with Crippen LogP contribution < -0.4 is 4.57 Å². The third kappa shape index (κ3) is 4.22. The van der Waals surface area contributed by atoms with Gasteiger partial charge in [0.2, 0.25) is 5.69 Å². The highest BCUT2D eigenvalue weighted by atomic mass is 16.3. The zero-order chi connectivity index (χ0) is 27.2. The van der Waals surface area contributed by atoms with Gasteiger partial charge in [-0.05, 0) is 78.8 Å². The van der Waals surface area contributed by atoms with Gasteiger partial charge in [-0.1, -0.05) is 68.5 Å². The van der Waals surface area contributed by atoms with Crippen molar-refractivity contribution in [2.24, 2.45) is 18.9 Å². The number of pyridine rings is 1. The number of aromatic nitrogens is 1. The zero-order valence-corrected chi connectivity index (χ0v) is 23.6. The van der Waals surface area contributed by atoms with Crippen LogP contribution in [-0.2, 0) is 7.05 Å². The monoisotopic (exact) mass is 525 g/mol. The van der Waals surface area contributed by atoms with Crippen molar-refractivity contribution in [1.82, 2.24) is 0 Å². The fraction of sp³-hybridized carbons (Fsp3) is 0.351. The minimum Gasteiger partial charge on any atom is -0.454 e. The van der Waals surface area contributed by atoms with E-state index in [2.05, 4.69) is 79.3 Å². The molecule has 0 aliphatic heterocycles. The molecule has 3 heteroatoms. The lowest BCUT2D eigenvalue weighted by Crippen LogP contribution is -2.30. The van der Waals surface area contributed by atoms with Gasteiger partial charge in [0.15, 0.2) is 6.20 Å². The van der Waals surface area contributed by atoms with Gasteiger partial charge in [0.05, 0.1) is 17.2 Å². The van der Waals surface area contributed by atoms with Crippen LogP contribution in [0.1, 0.15) is 74.0 Å². The van der Waals surface area contributed by atoms with E-state index in [9.17, 15) is 5.26 Å². The normalized spacial score (nSPS) is 19.8. The first-order chi connectivity index (χ1) is 19.6. The SMILES string of the molecule is Cc1ccc2c(oc3c(-c4ccc(C5CCC(C6CCCCC6)C5)cc4)c(C#N)ccc32)c1-c1cccc[n+]1C. The maximum atomic E-state index is 10.1. The van der Waals surface area contributed by atoms with E-state index in [1.807, 2.05) is 18.2 Å². The molecule has 0 amide bonds. The lowest BCUT2D eigenvalue weighted by atomic mass is 9.78. The second kappa shape index (κ2) is 10.3. The molecule has 40 heavy (non-hydrogen) atoms. The quantitative estimate of drug-likeness (QED) is 0.219. The molecule has 5 aromatic rings. The van der Waals surface area contributed by atoms with Crippen LogP contribution >= 0.6 is 0 Å². The molecule has 0 spiro atoms. The Morgan fingerprint density at radius 2 is 1.52 bits per heavy atom. The molecule has 0 bridgehead atoms. The third-order valence-corrected chi connectivity index (χ3v) is 9.91. The summed E-state index contributed by atoms with van der Waals surface area (Å²) in [6.45, 7) is 2.14. The van der Waals surface area contributed by atoms with Crippen molar-refractivity contribution in [3.63, 3.8) is 0 Å². The fourth-order valence-corrected chi connectivity index (χ4v) is 7.76. The van der Waals surface area contributed by atoms with Gasteiger partial charge < -0.3 is 4.42 Å². The second-order valence-corrected chi connectivity index (χ2v) is 12.2. The average molecular weight is 526 g/mol. The number of hydrogen-bond donors (Lipinski definition) is 0. The minimum atomic E-state index is 0.654. The first-order valence-electron chi connectivity index (χ1n) is 15.1. The lowest BCUT2D eigenvalue weighted by Gasteiger charge is -2.27. The van der Waals surface area contributed by atoms with Crippen molar-refractivity contribution in [3.05, 3.63) is 89.6 Å². The Bertz CT molecular complexity index is 1750. The number of rotatable bonds is 4. The molecule has 3 aromatic carbocycles. The van der Waals surface area contributed by atoms with E-state index in [4.69, 9.17) is 4.42 Å². The smallest absolute Gasteiger partial charge is 0.216 e. The Labute approximate surface area is 237 Å². The summed E-state index contributed by atoms with van der Waals surface area (Å²) in [6.07, 6.45) is 13.3. The van der Waals surface area contributed by atoms with Crippen LogP contribution in [-0.4, -0.2) is 0 Å². The predicted octanol–water partition coefficient (Wildman–Crippen LogP) is 9.39.